The minimum atomic E-state index is -0.244. The lowest BCUT2D eigenvalue weighted by Gasteiger charge is -2.06. The molecule has 1 amide bonds. The van der Waals surface area contributed by atoms with Gasteiger partial charge in [0.2, 0.25) is 6.79 Å². The average Bonchev–Trinajstić information content (AvgIpc) is 3.42. The van der Waals surface area contributed by atoms with Crippen LogP contribution in [-0.4, -0.2) is 22.5 Å². The van der Waals surface area contributed by atoms with E-state index in [1.807, 2.05) is 61.5 Å². The summed E-state index contributed by atoms with van der Waals surface area (Å²) < 4.78 is 12.5. The Morgan fingerprint density at radius 3 is 2.53 bits per heavy atom. The van der Waals surface area contributed by atoms with Crippen LogP contribution in [0.2, 0.25) is 0 Å². The van der Waals surface area contributed by atoms with Gasteiger partial charge in [-0.3, -0.25) is 4.79 Å². The first-order valence-electron chi connectivity index (χ1n) is 9.60. The van der Waals surface area contributed by atoms with E-state index in [9.17, 15) is 4.79 Å². The van der Waals surface area contributed by atoms with Crippen molar-refractivity contribution in [3.8, 4) is 28.4 Å². The Morgan fingerprint density at radius 1 is 0.967 bits per heavy atom. The van der Waals surface area contributed by atoms with Gasteiger partial charge in [0.1, 0.15) is 5.69 Å². The second-order valence-corrected chi connectivity index (χ2v) is 7.06. The number of aryl methyl sites for hydroxylation is 1. The van der Waals surface area contributed by atoms with Crippen LogP contribution in [-0.2, 0) is 0 Å². The van der Waals surface area contributed by atoms with Gasteiger partial charge in [-0.25, -0.2) is 4.68 Å². The molecule has 6 nitrogen and oxygen atoms in total. The highest BCUT2D eigenvalue weighted by molar-refractivity contribution is 6.08. The molecule has 0 aliphatic carbocycles. The van der Waals surface area contributed by atoms with Gasteiger partial charge in [-0.05, 0) is 31.2 Å². The lowest BCUT2D eigenvalue weighted by Crippen LogP contribution is -2.12. The molecule has 0 saturated carbocycles. The number of rotatable bonds is 4. The van der Waals surface area contributed by atoms with Crippen molar-refractivity contribution in [2.75, 3.05) is 12.1 Å². The van der Waals surface area contributed by atoms with Crippen LogP contribution in [0.25, 0.3) is 16.9 Å². The Labute approximate surface area is 173 Å². The van der Waals surface area contributed by atoms with E-state index < -0.39 is 0 Å². The van der Waals surface area contributed by atoms with E-state index in [0.717, 1.165) is 16.8 Å². The molecule has 0 radical (unpaired) electrons. The number of hydrogen-bond donors (Lipinski definition) is 1. The van der Waals surface area contributed by atoms with Gasteiger partial charge in [0.25, 0.3) is 5.91 Å². The van der Waals surface area contributed by atoms with E-state index in [2.05, 4.69) is 5.32 Å². The highest BCUT2D eigenvalue weighted by Gasteiger charge is 2.20. The third kappa shape index (κ3) is 3.39. The standard InChI is InChI=1S/C24H19N3O3/c1-16-7-9-17(10-8-16)23-20(14-27(26-23)19-5-3-2-4-6-19)24(28)25-18-11-12-21-22(13-18)30-15-29-21/h2-14H,15H2,1H3,(H,25,28). The summed E-state index contributed by atoms with van der Waals surface area (Å²) in [7, 11) is 0. The van der Waals surface area contributed by atoms with Crippen LogP contribution in [0.3, 0.4) is 0 Å². The van der Waals surface area contributed by atoms with Gasteiger partial charge in [-0.2, -0.15) is 5.10 Å². The summed E-state index contributed by atoms with van der Waals surface area (Å²) in [6, 6.07) is 23.0. The molecule has 148 valence electrons. The van der Waals surface area contributed by atoms with E-state index in [4.69, 9.17) is 14.6 Å². The molecule has 1 N–H and O–H groups in total. The van der Waals surface area contributed by atoms with Gasteiger partial charge >= 0.3 is 0 Å². The molecule has 0 fully saturated rings. The number of amides is 1. The molecule has 30 heavy (non-hydrogen) atoms. The predicted molar refractivity (Wildman–Crippen MR) is 114 cm³/mol. The van der Waals surface area contributed by atoms with Crippen LogP contribution in [0.4, 0.5) is 5.69 Å². The van der Waals surface area contributed by atoms with Gasteiger partial charge in [-0.15, -0.1) is 0 Å². The van der Waals surface area contributed by atoms with E-state index in [0.29, 0.717) is 28.4 Å². The molecule has 0 saturated heterocycles. The summed E-state index contributed by atoms with van der Waals surface area (Å²) in [6.45, 7) is 2.22. The number of para-hydroxylation sites is 1. The van der Waals surface area contributed by atoms with Gasteiger partial charge in [-0.1, -0.05) is 48.0 Å². The summed E-state index contributed by atoms with van der Waals surface area (Å²) in [5.41, 5.74) is 4.65. The molecule has 0 unspecified atom stereocenters. The van der Waals surface area contributed by atoms with Crippen LogP contribution in [0.1, 0.15) is 15.9 Å². The number of fused-ring (bicyclic) bond motifs is 1. The minimum Gasteiger partial charge on any atom is -0.454 e. The van der Waals surface area contributed by atoms with Gasteiger partial charge in [0, 0.05) is 23.5 Å². The third-order valence-electron chi connectivity index (χ3n) is 4.94. The zero-order chi connectivity index (χ0) is 20.5. The SMILES string of the molecule is Cc1ccc(-c2nn(-c3ccccc3)cc2C(=O)Nc2ccc3c(c2)OCO3)cc1. The van der Waals surface area contributed by atoms with Crippen LogP contribution in [0, 0.1) is 6.92 Å². The van der Waals surface area contributed by atoms with E-state index in [1.54, 1.807) is 29.1 Å². The van der Waals surface area contributed by atoms with Crippen molar-refractivity contribution in [2.24, 2.45) is 0 Å². The maximum absolute atomic E-state index is 13.2. The number of anilines is 1. The minimum absolute atomic E-state index is 0.189. The Kier molecular flexibility index (Phi) is 4.44. The lowest BCUT2D eigenvalue weighted by molar-refractivity contribution is 0.102. The number of ether oxygens (including phenoxy) is 2. The number of carbonyl (C=O) groups is 1. The number of nitrogens with one attached hydrogen (secondary N) is 1. The molecule has 5 rings (SSSR count). The molecule has 3 aromatic carbocycles. The monoisotopic (exact) mass is 397 g/mol. The quantitative estimate of drug-likeness (QED) is 0.536. The van der Waals surface area contributed by atoms with Gasteiger partial charge in [0.15, 0.2) is 11.5 Å². The van der Waals surface area contributed by atoms with Crippen LogP contribution >= 0.6 is 0 Å². The lowest BCUT2D eigenvalue weighted by atomic mass is 10.1. The number of aromatic nitrogens is 2. The van der Waals surface area contributed by atoms with Crippen molar-refractivity contribution in [1.82, 2.24) is 9.78 Å². The second kappa shape index (κ2) is 7.40. The maximum atomic E-state index is 13.2. The fourth-order valence-corrected chi connectivity index (χ4v) is 3.35. The summed E-state index contributed by atoms with van der Waals surface area (Å²) in [5, 5.41) is 7.66. The zero-order valence-corrected chi connectivity index (χ0v) is 16.3. The maximum Gasteiger partial charge on any atom is 0.259 e. The molecular weight excluding hydrogens is 378 g/mol. The molecule has 6 heteroatoms. The number of nitrogens with zero attached hydrogens (tertiary/aromatic N) is 2. The van der Waals surface area contributed by atoms with Gasteiger partial charge < -0.3 is 14.8 Å². The molecule has 0 spiro atoms. The molecule has 0 bridgehead atoms. The van der Waals surface area contributed by atoms with Crippen molar-refractivity contribution in [1.29, 1.82) is 0 Å². The summed E-state index contributed by atoms with van der Waals surface area (Å²) in [5.74, 6) is 1.04. The fraction of sp³-hybridized carbons (Fsp3) is 0.0833. The Morgan fingerprint density at radius 2 is 1.73 bits per heavy atom. The van der Waals surface area contributed by atoms with Crippen molar-refractivity contribution in [3.05, 3.63) is 90.1 Å². The molecule has 1 aliphatic rings. The predicted octanol–water partition coefficient (Wildman–Crippen LogP) is 4.83. The third-order valence-corrected chi connectivity index (χ3v) is 4.94. The smallest absolute Gasteiger partial charge is 0.259 e. The first kappa shape index (κ1) is 18.0. The van der Waals surface area contributed by atoms with Crippen LogP contribution < -0.4 is 14.8 Å². The number of hydrogen-bond acceptors (Lipinski definition) is 4. The van der Waals surface area contributed by atoms with E-state index >= 15 is 0 Å². The number of benzene rings is 3. The molecular formula is C24H19N3O3. The Balaban J connectivity index is 1.53. The van der Waals surface area contributed by atoms with Crippen molar-refractivity contribution in [2.45, 2.75) is 6.92 Å². The van der Waals surface area contributed by atoms with Crippen LogP contribution in [0.5, 0.6) is 11.5 Å². The average molecular weight is 397 g/mol. The number of carbonyl (C=O) groups excluding carboxylic acids is 1. The van der Waals surface area contributed by atoms with Crippen molar-refractivity contribution < 1.29 is 14.3 Å². The summed E-state index contributed by atoms with van der Waals surface area (Å²) in [4.78, 5) is 13.2. The zero-order valence-electron chi connectivity index (χ0n) is 16.3. The molecule has 1 aliphatic heterocycles. The first-order valence-corrected chi connectivity index (χ1v) is 9.60. The van der Waals surface area contributed by atoms with E-state index in [1.165, 1.54) is 0 Å². The van der Waals surface area contributed by atoms with Crippen molar-refractivity contribution >= 4 is 11.6 Å². The topological polar surface area (TPSA) is 65.4 Å². The summed E-state index contributed by atoms with van der Waals surface area (Å²) in [6.07, 6.45) is 1.76. The largest absolute Gasteiger partial charge is 0.454 e. The molecule has 1 aromatic heterocycles. The van der Waals surface area contributed by atoms with Crippen LogP contribution in [0.15, 0.2) is 79.0 Å². The highest BCUT2D eigenvalue weighted by Crippen LogP contribution is 2.34. The Bertz CT molecular complexity index is 1210. The van der Waals surface area contributed by atoms with Gasteiger partial charge in [0.05, 0.1) is 11.3 Å². The molecule has 2 heterocycles. The highest BCUT2D eigenvalue weighted by atomic mass is 16.7. The normalized spacial score (nSPS) is 12.0. The second-order valence-electron chi connectivity index (χ2n) is 7.06. The fourth-order valence-electron chi connectivity index (χ4n) is 3.35. The first-order chi connectivity index (χ1) is 14.7. The molecule has 4 aromatic rings. The summed E-state index contributed by atoms with van der Waals surface area (Å²) >= 11 is 0. The molecule has 0 atom stereocenters. The van der Waals surface area contributed by atoms with Crippen molar-refractivity contribution in [3.63, 3.8) is 0 Å². The van der Waals surface area contributed by atoms with E-state index in [-0.39, 0.29) is 12.7 Å². The Hall–Kier alpha value is -4.06.